The number of rotatable bonds is 4. The molecule has 0 fully saturated rings. The molecule has 17 heavy (non-hydrogen) atoms. The van der Waals surface area contributed by atoms with Crippen LogP contribution in [-0.4, -0.2) is 23.9 Å². The molecule has 0 heterocycles. The number of terminal acetylenes is 1. The Morgan fingerprint density at radius 2 is 2.06 bits per heavy atom. The van der Waals surface area contributed by atoms with E-state index in [4.69, 9.17) is 17.4 Å². The van der Waals surface area contributed by atoms with Gasteiger partial charge in [0.2, 0.25) is 5.91 Å². The second-order valence-electron chi connectivity index (χ2n) is 3.44. The minimum atomic E-state index is -0.780. The van der Waals surface area contributed by atoms with Crippen LogP contribution >= 0.6 is 0 Å². The number of hydrogen-bond acceptors (Lipinski definition) is 3. The highest BCUT2D eigenvalue weighted by molar-refractivity contribution is 5.83. The van der Waals surface area contributed by atoms with Gasteiger partial charge in [0.15, 0.2) is 0 Å². The number of hydrogen-bond donors (Lipinski definition) is 1. The van der Waals surface area contributed by atoms with Crippen LogP contribution in [0.2, 0.25) is 0 Å². The summed E-state index contributed by atoms with van der Waals surface area (Å²) in [4.78, 5) is 13.2. The van der Waals surface area contributed by atoms with Crippen molar-refractivity contribution in [1.82, 2.24) is 4.90 Å². The minimum absolute atomic E-state index is 0.0520. The largest absolute Gasteiger partial charge is 0.317 e. The molecule has 0 aliphatic rings. The summed E-state index contributed by atoms with van der Waals surface area (Å²) in [6.07, 6.45) is 5.14. The number of nitrogens with two attached hydrogens (primary N) is 1. The monoisotopic (exact) mass is 227 g/mol. The van der Waals surface area contributed by atoms with E-state index in [1.807, 2.05) is 12.1 Å². The summed E-state index contributed by atoms with van der Waals surface area (Å²) in [5.41, 5.74) is 6.54. The average Bonchev–Trinajstić information content (AvgIpc) is 2.38. The lowest BCUT2D eigenvalue weighted by Gasteiger charge is -2.21. The maximum absolute atomic E-state index is 12.0. The van der Waals surface area contributed by atoms with Crippen LogP contribution in [0.5, 0.6) is 0 Å². The molecule has 86 valence electrons. The van der Waals surface area contributed by atoms with Crippen LogP contribution in [0.15, 0.2) is 30.3 Å². The fourth-order valence-corrected chi connectivity index (χ4v) is 1.41. The number of carbonyl (C=O) groups excluding carboxylic acids is 1. The van der Waals surface area contributed by atoms with Crippen molar-refractivity contribution in [3.05, 3.63) is 35.9 Å². The van der Waals surface area contributed by atoms with Gasteiger partial charge < -0.3 is 10.6 Å². The standard InChI is InChI=1S/C13H13N3O/c1-2-9-16(10-8-14)13(17)12(15)11-6-4-3-5-7-11/h1,3-7,12H,9-10,15H2. The maximum Gasteiger partial charge on any atom is 0.245 e. The normalized spacial score (nSPS) is 11.0. The highest BCUT2D eigenvalue weighted by Crippen LogP contribution is 2.12. The van der Waals surface area contributed by atoms with E-state index in [-0.39, 0.29) is 19.0 Å². The Bertz CT molecular complexity index is 440. The molecule has 0 aromatic heterocycles. The van der Waals surface area contributed by atoms with E-state index in [2.05, 4.69) is 5.92 Å². The molecule has 1 aromatic rings. The molecular formula is C13H13N3O. The van der Waals surface area contributed by atoms with E-state index >= 15 is 0 Å². The summed E-state index contributed by atoms with van der Waals surface area (Å²) in [5, 5.41) is 8.61. The molecule has 1 unspecified atom stereocenters. The quantitative estimate of drug-likeness (QED) is 0.607. The number of carbonyl (C=O) groups is 1. The van der Waals surface area contributed by atoms with Crippen LogP contribution in [0.1, 0.15) is 11.6 Å². The van der Waals surface area contributed by atoms with Crippen molar-refractivity contribution < 1.29 is 4.79 Å². The van der Waals surface area contributed by atoms with Gasteiger partial charge in [0.1, 0.15) is 12.6 Å². The summed E-state index contributed by atoms with van der Waals surface area (Å²) < 4.78 is 0. The molecule has 0 aliphatic heterocycles. The second kappa shape index (κ2) is 6.32. The van der Waals surface area contributed by atoms with E-state index in [0.717, 1.165) is 0 Å². The van der Waals surface area contributed by atoms with Crippen LogP contribution < -0.4 is 5.73 Å². The minimum Gasteiger partial charge on any atom is -0.317 e. The van der Waals surface area contributed by atoms with Gasteiger partial charge in [0, 0.05) is 0 Å². The Morgan fingerprint density at radius 1 is 1.41 bits per heavy atom. The van der Waals surface area contributed by atoms with Gasteiger partial charge in [0.25, 0.3) is 0 Å². The maximum atomic E-state index is 12.0. The molecule has 1 rings (SSSR count). The molecular weight excluding hydrogens is 214 g/mol. The van der Waals surface area contributed by atoms with Crippen molar-refractivity contribution >= 4 is 5.91 Å². The lowest BCUT2D eigenvalue weighted by molar-refractivity contribution is -0.131. The number of amides is 1. The van der Waals surface area contributed by atoms with Crippen LogP contribution in [0.4, 0.5) is 0 Å². The van der Waals surface area contributed by atoms with Gasteiger partial charge in [-0.1, -0.05) is 36.3 Å². The van der Waals surface area contributed by atoms with Gasteiger partial charge in [-0.25, -0.2) is 0 Å². The third kappa shape index (κ3) is 3.34. The zero-order chi connectivity index (χ0) is 12.7. The zero-order valence-corrected chi connectivity index (χ0v) is 9.34. The van der Waals surface area contributed by atoms with E-state index < -0.39 is 6.04 Å². The summed E-state index contributed by atoms with van der Waals surface area (Å²) in [6, 6.07) is 10.1. The smallest absolute Gasteiger partial charge is 0.245 e. The summed E-state index contributed by atoms with van der Waals surface area (Å²) >= 11 is 0. The van der Waals surface area contributed by atoms with Crippen molar-refractivity contribution in [2.45, 2.75) is 6.04 Å². The fourth-order valence-electron chi connectivity index (χ4n) is 1.41. The molecule has 0 radical (unpaired) electrons. The van der Waals surface area contributed by atoms with E-state index in [0.29, 0.717) is 5.56 Å². The number of nitrogens with zero attached hydrogens (tertiary/aromatic N) is 2. The Balaban J connectivity index is 2.82. The van der Waals surface area contributed by atoms with Crippen LogP contribution in [0.25, 0.3) is 0 Å². The van der Waals surface area contributed by atoms with Gasteiger partial charge >= 0.3 is 0 Å². The average molecular weight is 227 g/mol. The van der Waals surface area contributed by atoms with Crippen LogP contribution in [0, 0.1) is 23.7 Å². The van der Waals surface area contributed by atoms with Gasteiger partial charge in [-0.2, -0.15) is 5.26 Å². The van der Waals surface area contributed by atoms with Gasteiger partial charge in [-0.15, -0.1) is 6.42 Å². The molecule has 2 N–H and O–H groups in total. The van der Waals surface area contributed by atoms with Crippen molar-refractivity contribution in [2.24, 2.45) is 5.73 Å². The molecule has 0 bridgehead atoms. The van der Waals surface area contributed by atoms with Crippen molar-refractivity contribution in [3.63, 3.8) is 0 Å². The van der Waals surface area contributed by atoms with Gasteiger partial charge in [0.05, 0.1) is 12.6 Å². The third-order valence-electron chi connectivity index (χ3n) is 2.28. The molecule has 1 amide bonds. The third-order valence-corrected chi connectivity index (χ3v) is 2.28. The second-order valence-corrected chi connectivity index (χ2v) is 3.44. The van der Waals surface area contributed by atoms with Crippen LogP contribution in [-0.2, 0) is 4.79 Å². The van der Waals surface area contributed by atoms with Crippen LogP contribution in [0.3, 0.4) is 0 Å². The first-order chi connectivity index (χ1) is 8.20. The first-order valence-corrected chi connectivity index (χ1v) is 5.10. The van der Waals surface area contributed by atoms with E-state index in [1.54, 1.807) is 24.3 Å². The first-order valence-electron chi connectivity index (χ1n) is 5.10. The van der Waals surface area contributed by atoms with Crippen molar-refractivity contribution in [2.75, 3.05) is 13.1 Å². The highest BCUT2D eigenvalue weighted by atomic mass is 16.2. The molecule has 0 aliphatic carbocycles. The number of benzene rings is 1. The predicted octanol–water partition coefficient (Wildman–Crippen LogP) is 0.672. The molecule has 1 atom stereocenters. The highest BCUT2D eigenvalue weighted by Gasteiger charge is 2.21. The van der Waals surface area contributed by atoms with Gasteiger partial charge in [-0.3, -0.25) is 4.79 Å². The molecule has 0 saturated carbocycles. The van der Waals surface area contributed by atoms with E-state index in [1.165, 1.54) is 4.90 Å². The number of nitriles is 1. The molecule has 0 saturated heterocycles. The summed E-state index contributed by atoms with van der Waals surface area (Å²) in [6.45, 7) is 0.0382. The SMILES string of the molecule is C#CCN(CC#N)C(=O)C(N)c1ccccc1. The lowest BCUT2D eigenvalue weighted by Crippen LogP contribution is -2.39. The molecule has 4 nitrogen and oxygen atoms in total. The van der Waals surface area contributed by atoms with Crippen molar-refractivity contribution in [1.29, 1.82) is 5.26 Å². The molecule has 0 spiro atoms. The zero-order valence-electron chi connectivity index (χ0n) is 9.34. The topological polar surface area (TPSA) is 70.1 Å². The summed E-state index contributed by atoms with van der Waals surface area (Å²) in [5.74, 6) is 2.00. The van der Waals surface area contributed by atoms with E-state index in [9.17, 15) is 4.79 Å². The Hall–Kier alpha value is -2.30. The molecule has 1 aromatic carbocycles. The fraction of sp³-hybridized carbons (Fsp3) is 0.231. The predicted molar refractivity (Wildman–Crippen MR) is 64.4 cm³/mol. The van der Waals surface area contributed by atoms with Gasteiger partial charge in [-0.05, 0) is 5.56 Å². The lowest BCUT2D eigenvalue weighted by atomic mass is 10.1. The first kappa shape index (κ1) is 12.8. The Kier molecular flexibility index (Phi) is 4.75. The Labute approximate surface area is 101 Å². The summed E-state index contributed by atoms with van der Waals surface area (Å²) in [7, 11) is 0. The van der Waals surface area contributed by atoms with Crippen molar-refractivity contribution in [3.8, 4) is 18.4 Å². The Morgan fingerprint density at radius 3 is 2.59 bits per heavy atom. The molecule has 4 heteroatoms.